The third-order valence-electron chi connectivity index (χ3n) is 4.10. The minimum absolute atomic E-state index is 0.0303. The largest absolute Gasteiger partial charge is 0.497 e. The predicted octanol–water partition coefficient (Wildman–Crippen LogP) is 4.57. The molecule has 0 fully saturated rings. The molecule has 28 heavy (non-hydrogen) atoms. The number of methoxy groups -OCH3 is 1. The second-order valence-corrected chi connectivity index (χ2v) is 6.18. The summed E-state index contributed by atoms with van der Waals surface area (Å²) in [5, 5.41) is 10.4. The zero-order chi connectivity index (χ0) is 19.8. The van der Waals surface area contributed by atoms with Gasteiger partial charge in [-0.1, -0.05) is 30.9 Å². The number of nitrogens with zero attached hydrogens (tertiary/aromatic N) is 2. The van der Waals surface area contributed by atoms with Crippen molar-refractivity contribution in [1.29, 1.82) is 0 Å². The van der Waals surface area contributed by atoms with Crippen LogP contribution in [0.2, 0.25) is 0 Å². The molecule has 0 aliphatic carbocycles. The molecule has 0 saturated heterocycles. The highest BCUT2D eigenvalue weighted by Crippen LogP contribution is 2.24. The summed E-state index contributed by atoms with van der Waals surface area (Å²) < 4.78 is 16.4. The lowest BCUT2D eigenvalue weighted by atomic mass is 10.2. The van der Waals surface area contributed by atoms with Gasteiger partial charge in [0.05, 0.1) is 13.7 Å². The molecule has 0 atom stereocenters. The molecular weight excluding hydrogens is 358 g/mol. The molecular formula is C21H23N3O4. The van der Waals surface area contributed by atoms with E-state index >= 15 is 0 Å². The summed E-state index contributed by atoms with van der Waals surface area (Å²) in [7, 11) is 1.58. The van der Waals surface area contributed by atoms with E-state index in [0.29, 0.717) is 29.4 Å². The van der Waals surface area contributed by atoms with Crippen LogP contribution in [0.15, 0.2) is 52.9 Å². The van der Waals surface area contributed by atoms with Gasteiger partial charge in [-0.15, -0.1) is 5.10 Å². The van der Waals surface area contributed by atoms with Gasteiger partial charge in [0.2, 0.25) is 5.89 Å². The lowest BCUT2D eigenvalue weighted by Gasteiger charge is -2.06. The lowest BCUT2D eigenvalue weighted by Crippen LogP contribution is -2.12. The molecule has 1 N–H and O–H groups in total. The number of anilines is 1. The molecule has 1 amide bonds. The van der Waals surface area contributed by atoms with Crippen LogP contribution in [0, 0.1) is 0 Å². The van der Waals surface area contributed by atoms with Crippen molar-refractivity contribution < 1.29 is 18.7 Å². The van der Waals surface area contributed by atoms with Crippen LogP contribution >= 0.6 is 0 Å². The van der Waals surface area contributed by atoms with E-state index in [9.17, 15) is 4.79 Å². The zero-order valence-electron chi connectivity index (χ0n) is 16.0. The van der Waals surface area contributed by atoms with Gasteiger partial charge in [0.25, 0.3) is 5.91 Å². The number of benzene rings is 2. The number of aromatic nitrogens is 2. The zero-order valence-corrected chi connectivity index (χ0v) is 16.0. The van der Waals surface area contributed by atoms with E-state index in [1.807, 2.05) is 18.2 Å². The Morgan fingerprint density at radius 3 is 2.64 bits per heavy atom. The van der Waals surface area contributed by atoms with Gasteiger partial charge in [0.15, 0.2) is 0 Å². The van der Waals surface area contributed by atoms with Crippen molar-refractivity contribution in [2.75, 3.05) is 19.0 Å². The number of carbonyl (C=O) groups excluding carboxylic acids is 1. The smallest absolute Gasteiger partial charge is 0.322 e. The molecule has 0 spiro atoms. The maximum absolute atomic E-state index is 12.4. The van der Waals surface area contributed by atoms with Gasteiger partial charge >= 0.3 is 6.01 Å². The molecule has 7 nitrogen and oxygen atoms in total. The first-order chi connectivity index (χ1) is 13.7. The molecule has 1 aromatic heterocycles. The van der Waals surface area contributed by atoms with Crippen molar-refractivity contribution in [3.63, 3.8) is 0 Å². The summed E-state index contributed by atoms with van der Waals surface area (Å²) in [4.78, 5) is 12.4. The SMILES string of the molecule is CCCCCOc1ccc(C(=O)Nc2nnc(-c3cccc(OC)c3)o2)cc1. The van der Waals surface area contributed by atoms with Crippen LogP contribution in [-0.4, -0.2) is 29.8 Å². The Morgan fingerprint density at radius 2 is 1.89 bits per heavy atom. The van der Waals surface area contributed by atoms with Crippen molar-refractivity contribution in [3.8, 4) is 23.0 Å². The van der Waals surface area contributed by atoms with Crippen molar-refractivity contribution in [1.82, 2.24) is 10.2 Å². The van der Waals surface area contributed by atoms with Gasteiger partial charge < -0.3 is 13.9 Å². The quantitative estimate of drug-likeness (QED) is 0.547. The normalized spacial score (nSPS) is 10.5. The number of hydrogen-bond donors (Lipinski definition) is 1. The number of unbranched alkanes of at least 4 members (excludes halogenated alkanes) is 2. The minimum Gasteiger partial charge on any atom is -0.497 e. The standard InChI is InChI=1S/C21H23N3O4/c1-3-4-5-13-27-17-11-9-15(10-12-17)19(25)22-21-24-23-20(28-21)16-7-6-8-18(14-16)26-2/h6-12,14H,3-5,13H2,1-2H3,(H,22,24,25). The molecule has 3 aromatic rings. The highest BCUT2D eigenvalue weighted by Gasteiger charge is 2.13. The summed E-state index contributed by atoms with van der Waals surface area (Å²) in [5.74, 6) is 1.38. The molecule has 146 valence electrons. The third kappa shape index (κ3) is 5.09. The number of hydrogen-bond acceptors (Lipinski definition) is 6. The summed E-state index contributed by atoms with van der Waals surface area (Å²) in [6.07, 6.45) is 3.31. The van der Waals surface area contributed by atoms with E-state index in [4.69, 9.17) is 13.9 Å². The molecule has 0 bridgehead atoms. The van der Waals surface area contributed by atoms with Crippen molar-refractivity contribution >= 4 is 11.9 Å². The Bertz CT molecular complexity index is 906. The second-order valence-electron chi connectivity index (χ2n) is 6.18. The van der Waals surface area contributed by atoms with Gasteiger partial charge in [0.1, 0.15) is 11.5 Å². The van der Waals surface area contributed by atoms with E-state index in [-0.39, 0.29) is 11.9 Å². The fraction of sp³-hybridized carbons (Fsp3) is 0.286. The maximum Gasteiger partial charge on any atom is 0.322 e. The topological polar surface area (TPSA) is 86.5 Å². The van der Waals surface area contributed by atoms with E-state index in [1.54, 1.807) is 37.4 Å². The molecule has 0 aliphatic heterocycles. The highest BCUT2D eigenvalue weighted by molar-refractivity contribution is 6.03. The van der Waals surface area contributed by atoms with E-state index in [2.05, 4.69) is 22.4 Å². The van der Waals surface area contributed by atoms with Gasteiger partial charge in [-0.3, -0.25) is 10.1 Å². The second kappa shape index (κ2) is 9.55. The molecule has 1 heterocycles. The number of rotatable bonds is 9. The maximum atomic E-state index is 12.4. The van der Waals surface area contributed by atoms with E-state index < -0.39 is 0 Å². The number of ether oxygens (including phenoxy) is 2. The van der Waals surface area contributed by atoms with Crippen LogP contribution in [0.4, 0.5) is 6.01 Å². The summed E-state index contributed by atoms with van der Waals surface area (Å²) in [6, 6.07) is 14.2. The fourth-order valence-electron chi connectivity index (χ4n) is 2.56. The Morgan fingerprint density at radius 1 is 1.07 bits per heavy atom. The third-order valence-corrected chi connectivity index (χ3v) is 4.10. The van der Waals surface area contributed by atoms with Crippen LogP contribution in [0.5, 0.6) is 11.5 Å². The first-order valence-electron chi connectivity index (χ1n) is 9.21. The Balaban J connectivity index is 1.59. The van der Waals surface area contributed by atoms with Crippen LogP contribution in [-0.2, 0) is 0 Å². The molecule has 0 saturated carbocycles. The molecule has 7 heteroatoms. The number of carbonyl (C=O) groups is 1. The van der Waals surface area contributed by atoms with E-state index in [0.717, 1.165) is 25.0 Å². The molecule has 0 unspecified atom stereocenters. The lowest BCUT2D eigenvalue weighted by molar-refractivity contribution is 0.102. The minimum atomic E-state index is -0.335. The molecule has 0 radical (unpaired) electrons. The summed E-state index contributed by atoms with van der Waals surface area (Å²) >= 11 is 0. The molecule has 2 aromatic carbocycles. The summed E-state index contributed by atoms with van der Waals surface area (Å²) in [5.41, 5.74) is 1.18. The van der Waals surface area contributed by atoms with E-state index in [1.165, 1.54) is 0 Å². The number of nitrogens with one attached hydrogen (secondary N) is 1. The first kappa shape index (κ1) is 19.4. The Labute approximate surface area is 163 Å². The van der Waals surface area contributed by atoms with Crippen LogP contribution in [0.25, 0.3) is 11.5 Å². The molecule has 3 rings (SSSR count). The van der Waals surface area contributed by atoms with Gasteiger partial charge in [-0.2, -0.15) is 0 Å². The van der Waals surface area contributed by atoms with Gasteiger partial charge in [-0.05, 0) is 48.9 Å². The van der Waals surface area contributed by atoms with Crippen LogP contribution < -0.4 is 14.8 Å². The average Bonchev–Trinajstić information content (AvgIpc) is 3.20. The monoisotopic (exact) mass is 381 g/mol. The fourth-order valence-corrected chi connectivity index (χ4v) is 2.56. The van der Waals surface area contributed by atoms with Gasteiger partial charge in [0, 0.05) is 11.1 Å². The molecule has 0 aliphatic rings. The highest BCUT2D eigenvalue weighted by atomic mass is 16.5. The van der Waals surface area contributed by atoms with Crippen molar-refractivity contribution in [3.05, 3.63) is 54.1 Å². The average molecular weight is 381 g/mol. The van der Waals surface area contributed by atoms with Gasteiger partial charge in [-0.25, -0.2) is 0 Å². The van der Waals surface area contributed by atoms with Crippen molar-refractivity contribution in [2.45, 2.75) is 26.2 Å². The Hall–Kier alpha value is -3.35. The van der Waals surface area contributed by atoms with Crippen LogP contribution in [0.1, 0.15) is 36.5 Å². The summed E-state index contributed by atoms with van der Waals surface area (Å²) in [6.45, 7) is 2.82. The Kier molecular flexibility index (Phi) is 6.62. The first-order valence-corrected chi connectivity index (χ1v) is 9.21. The number of amides is 1. The van der Waals surface area contributed by atoms with Crippen LogP contribution in [0.3, 0.4) is 0 Å². The predicted molar refractivity (Wildman–Crippen MR) is 106 cm³/mol. The van der Waals surface area contributed by atoms with Crippen molar-refractivity contribution in [2.24, 2.45) is 0 Å².